The van der Waals surface area contributed by atoms with Crippen molar-refractivity contribution in [1.29, 1.82) is 5.41 Å². The number of nitrogens with zero attached hydrogens (tertiary/aromatic N) is 2. The number of amides is 2. The molecule has 0 spiro atoms. The topological polar surface area (TPSA) is 122 Å². The molecule has 9 nitrogen and oxygen atoms in total. The summed E-state index contributed by atoms with van der Waals surface area (Å²) in [4.78, 5) is 30.4. The number of pyridine rings is 1. The SMILES string of the molecule is CC(=N)/C=C1\NCCCN1C(=O)CCC(=O)NC1=CC=C(c2cncc(Cl)c2)NN1. The lowest BCUT2D eigenvalue weighted by atomic mass is 10.2. The molecule has 0 radical (unpaired) electrons. The van der Waals surface area contributed by atoms with Gasteiger partial charge in [0.15, 0.2) is 0 Å². The van der Waals surface area contributed by atoms with E-state index >= 15 is 0 Å². The summed E-state index contributed by atoms with van der Waals surface area (Å²) in [5.41, 5.74) is 7.80. The summed E-state index contributed by atoms with van der Waals surface area (Å²) in [6, 6.07) is 1.77. The molecule has 2 aliphatic rings. The van der Waals surface area contributed by atoms with Crippen LogP contribution in [0, 0.1) is 5.41 Å². The third kappa shape index (κ3) is 5.84. The molecule has 5 N–H and O–H groups in total. The van der Waals surface area contributed by atoms with E-state index in [-0.39, 0.29) is 24.7 Å². The maximum absolute atomic E-state index is 12.5. The fourth-order valence-corrected chi connectivity index (χ4v) is 3.19. The Bertz CT molecular complexity index is 939. The minimum atomic E-state index is -0.274. The first-order chi connectivity index (χ1) is 14.4. The average Bonchev–Trinajstić information content (AvgIpc) is 2.72. The van der Waals surface area contributed by atoms with Gasteiger partial charge in [0.1, 0.15) is 11.6 Å². The average molecular weight is 430 g/mol. The standard InChI is InChI=1S/C20H24ClN7O2/c1-13(22)9-18-24-7-2-8-28(18)20(30)6-5-19(29)25-17-4-3-16(26-27-17)14-10-15(21)12-23-11-14/h3-4,9-12,22,24,26-27H,2,5-8H2,1H3,(H,25,29)/b18-9+,22-13?. The molecule has 0 unspecified atom stereocenters. The zero-order chi connectivity index (χ0) is 21.5. The van der Waals surface area contributed by atoms with Crippen molar-refractivity contribution in [2.75, 3.05) is 13.1 Å². The quantitative estimate of drug-likeness (QED) is 0.438. The van der Waals surface area contributed by atoms with Crippen molar-refractivity contribution >= 4 is 34.8 Å². The van der Waals surface area contributed by atoms with E-state index in [2.05, 4.69) is 26.5 Å². The third-order valence-electron chi connectivity index (χ3n) is 4.41. The van der Waals surface area contributed by atoms with Crippen molar-refractivity contribution < 1.29 is 9.59 Å². The second-order valence-electron chi connectivity index (χ2n) is 6.89. The van der Waals surface area contributed by atoms with Gasteiger partial charge in [-0.15, -0.1) is 0 Å². The molecular weight excluding hydrogens is 406 g/mol. The minimum absolute atomic E-state index is 0.0555. The smallest absolute Gasteiger partial charge is 0.228 e. The van der Waals surface area contributed by atoms with E-state index in [1.807, 2.05) is 0 Å². The van der Waals surface area contributed by atoms with Gasteiger partial charge in [-0.2, -0.15) is 0 Å². The summed E-state index contributed by atoms with van der Waals surface area (Å²) in [5, 5.41) is 14.0. The Balaban J connectivity index is 1.52. The number of carbonyl (C=O) groups is 2. The highest BCUT2D eigenvalue weighted by molar-refractivity contribution is 6.30. The zero-order valence-electron chi connectivity index (χ0n) is 16.6. The maximum atomic E-state index is 12.5. The normalized spacial score (nSPS) is 17.1. The summed E-state index contributed by atoms with van der Waals surface area (Å²) in [7, 11) is 0. The molecule has 3 rings (SSSR count). The highest BCUT2D eigenvalue weighted by Crippen LogP contribution is 2.17. The van der Waals surface area contributed by atoms with Gasteiger partial charge in [-0.05, 0) is 37.6 Å². The number of aromatic nitrogens is 1. The van der Waals surface area contributed by atoms with Gasteiger partial charge in [0.25, 0.3) is 0 Å². The lowest BCUT2D eigenvalue weighted by Crippen LogP contribution is -2.44. The molecular formula is C20H24ClN7O2. The molecule has 30 heavy (non-hydrogen) atoms. The van der Waals surface area contributed by atoms with Crippen LogP contribution in [0.1, 0.15) is 31.7 Å². The second kappa shape index (κ2) is 9.93. The van der Waals surface area contributed by atoms with Crippen LogP contribution < -0.4 is 21.5 Å². The predicted molar refractivity (Wildman–Crippen MR) is 115 cm³/mol. The van der Waals surface area contributed by atoms with E-state index in [0.29, 0.717) is 28.9 Å². The van der Waals surface area contributed by atoms with Gasteiger partial charge in [0.05, 0.1) is 10.7 Å². The summed E-state index contributed by atoms with van der Waals surface area (Å²) in [6.45, 7) is 2.99. The molecule has 10 heteroatoms. The Labute approximate surface area is 179 Å². The Morgan fingerprint density at radius 1 is 1.30 bits per heavy atom. The van der Waals surface area contributed by atoms with E-state index in [1.165, 1.54) is 0 Å². The van der Waals surface area contributed by atoms with Crippen molar-refractivity contribution in [2.45, 2.75) is 26.2 Å². The van der Waals surface area contributed by atoms with E-state index in [9.17, 15) is 9.59 Å². The fourth-order valence-electron chi connectivity index (χ4n) is 3.02. The minimum Gasteiger partial charge on any atom is -0.371 e. The van der Waals surface area contributed by atoms with Crippen LogP contribution in [-0.4, -0.2) is 40.5 Å². The Kier molecular flexibility index (Phi) is 7.08. The van der Waals surface area contributed by atoms with Crippen molar-refractivity contribution in [1.82, 2.24) is 31.4 Å². The van der Waals surface area contributed by atoms with Crippen LogP contribution in [0.15, 0.2) is 48.3 Å². The Hall–Kier alpha value is -3.33. The number of nitrogens with one attached hydrogen (secondary N) is 5. The second-order valence-corrected chi connectivity index (χ2v) is 7.33. The van der Waals surface area contributed by atoms with Crippen LogP contribution >= 0.6 is 11.6 Å². The molecule has 1 saturated heterocycles. The van der Waals surface area contributed by atoms with Crippen molar-refractivity contribution in [3.8, 4) is 0 Å². The van der Waals surface area contributed by atoms with E-state index in [0.717, 1.165) is 24.2 Å². The predicted octanol–water partition coefficient (Wildman–Crippen LogP) is 1.62. The molecule has 1 aromatic heterocycles. The number of halogens is 1. The molecule has 2 amide bonds. The Morgan fingerprint density at radius 2 is 2.13 bits per heavy atom. The number of hydrogen-bond donors (Lipinski definition) is 5. The first-order valence-electron chi connectivity index (χ1n) is 9.58. The molecule has 0 bridgehead atoms. The van der Waals surface area contributed by atoms with Gasteiger partial charge >= 0.3 is 0 Å². The monoisotopic (exact) mass is 429 g/mol. The van der Waals surface area contributed by atoms with Crippen LogP contribution in [0.5, 0.6) is 0 Å². The van der Waals surface area contributed by atoms with Crippen molar-refractivity contribution in [3.05, 3.63) is 58.9 Å². The lowest BCUT2D eigenvalue weighted by molar-refractivity contribution is -0.132. The summed E-state index contributed by atoms with van der Waals surface area (Å²) in [6.07, 6.45) is 9.32. The number of hydrogen-bond acceptors (Lipinski definition) is 7. The molecule has 0 saturated carbocycles. The molecule has 0 atom stereocenters. The molecule has 0 aliphatic carbocycles. The van der Waals surface area contributed by atoms with Crippen LogP contribution in [0.3, 0.4) is 0 Å². The number of rotatable bonds is 6. The molecule has 1 aromatic rings. The van der Waals surface area contributed by atoms with Gasteiger partial charge in [0, 0.05) is 49.6 Å². The van der Waals surface area contributed by atoms with Gasteiger partial charge in [0.2, 0.25) is 11.8 Å². The van der Waals surface area contributed by atoms with Crippen LogP contribution in [0.25, 0.3) is 5.70 Å². The summed E-state index contributed by atoms with van der Waals surface area (Å²) < 4.78 is 0. The third-order valence-corrected chi connectivity index (χ3v) is 4.62. The van der Waals surface area contributed by atoms with Gasteiger partial charge in [-0.3, -0.25) is 30.3 Å². The fraction of sp³-hybridized carbons (Fsp3) is 0.300. The molecule has 0 aromatic carbocycles. The molecule has 158 valence electrons. The highest BCUT2D eigenvalue weighted by Gasteiger charge is 2.22. The largest absolute Gasteiger partial charge is 0.371 e. The number of carbonyl (C=O) groups excluding carboxylic acids is 2. The van der Waals surface area contributed by atoms with Crippen molar-refractivity contribution in [2.24, 2.45) is 0 Å². The molecule has 2 aliphatic heterocycles. The number of hydrazine groups is 1. The summed E-state index contributed by atoms with van der Waals surface area (Å²) in [5.74, 6) is 0.673. The van der Waals surface area contributed by atoms with Crippen LogP contribution in [-0.2, 0) is 9.59 Å². The highest BCUT2D eigenvalue weighted by atomic mass is 35.5. The van der Waals surface area contributed by atoms with Crippen molar-refractivity contribution in [3.63, 3.8) is 0 Å². The first kappa shape index (κ1) is 21.4. The Morgan fingerprint density at radius 3 is 2.83 bits per heavy atom. The van der Waals surface area contributed by atoms with E-state index in [4.69, 9.17) is 17.0 Å². The van der Waals surface area contributed by atoms with Gasteiger partial charge in [-0.25, -0.2) is 0 Å². The van der Waals surface area contributed by atoms with E-state index < -0.39 is 0 Å². The lowest BCUT2D eigenvalue weighted by Gasteiger charge is -2.31. The van der Waals surface area contributed by atoms with Crippen LogP contribution in [0.4, 0.5) is 0 Å². The maximum Gasteiger partial charge on any atom is 0.228 e. The van der Waals surface area contributed by atoms with Gasteiger partial charge in [-0.1, -0.05) is 11.6 Å². The van der Waals surface area contributed by atoms with E-state index in [1.54, 1.807) is 48.5 Å². The summed E-state index contributed by atoms with van der Waals surface area (Å²) >= 11 is 5.95. The number of allylic oxidation sites excluding steroid dienone is 3. The van der Waals surface area contributed by atoms with Crippen LogP contribution in [0.2, 0.25) is 5.02 Å². The molecule has 1 fully saturated rings. The molecule has 3 heterocycles. The van der Waals surface area contributed by atoms with Gasteiger partial charge < -0.3 is 16.0 Å². The first-order valence-corrected chi connectivity index (χ1v) is 9.96. The zero-order valence-corrected chi connectivity index (χ0v) is 17.3.